The molecule has 25 heavy (non-hydrogen) atoms. The van der Waals surface area contributed by atoms with Gasteiger partial charge in [0, 0.05) is 18.0 Å². The zero-order valence-electron chi connectivity index (χ0n) is 13.6. The van der Waals surface area contributed by atoms with Crippen molar-refractivity contribution < 1.29 is 22.7 Å². The second kappa shape index (κ2) is 7.14. The van der Waals surface area contributed by atoms with Gasteiger partial charge in [-0.2, -0.15) is 4.99 Å². The number of rotatable bonds is 4. The molecule has 2 saturated heterocycles. The first-order chi connectivity index (χ1) is 11.8. The van der Waals surface area contributed by atoms with Crippen LogP contribution >= 0.6 is 23.4 Å². The standard InChI is InChI=1S/C15H17ClN2O5S2/c1-22-6-14(19)17-15-18(9-3-4-12(23-2)10(16)5-9)11-7-25(20,21)8-13(11)24-15/h3-5,11,13H,6-8H2,1-2H3/t11-,13+/m1/s1. The molecule has 1 aromatic rings. The number of benzene rings is 1. The van der Waals surface area contributed by atoms with Crippen LogP contribution in [0.1, 0.15) is 0 Å². The zero-order valence-corrected chi connectivity index (χ0v) is 16.0. The minimum absolute atomic E-state index is 0.0196. The highest BCUT2D eigenvalue weighted by Crippen LogP contribution is 2.42. The summed E-state index contributed by atoms with van der Waals surface area (Å²) in [6.45, 7) is -0.130. The van der Waals surface area contributed by atoms with E-state index < -0.39 is 15.7 Å². The van der Waals surface area contributed by atoms with Gasteiger partial charge in [0.2, 0.25) is 0 Å². The van der Waals surface area contributed by atoms with E-state index in [1.54, 1.807) is 23.1 Å². The van der Waals surface area contributed by atoms with Gasteiger partial charge in [-0.15, -0.1) is 0 Å². The first-order valence-corrected chi connectivity index (χ1v) is 10.5. The number of thioether (sulfide) groups is 1. The Balaban J connectivity index is 2.00. The maximum absolute atomic E-state index is 12.0. The van der Waals surface area contributed by atoms with E-state index in [2.05, 4.69) is 4.99 Å². The van der Waals surface area contributed by atoms with E-state index in [1.165, 1.54) is 26.0 Å². The van der Waals surface area contributed by atoms with Gasteiger partial charge >= 0.3 is 0 Å². The molecule has 3 rings (SSSR count). The number of halogens is 1. The molecule has 1 amide bonds. The molecule has 2 heterocycles. The normalized spacial score (nSPS) is 26.0. The summed E-state index contributed by atoms with van der Waals surface area (Å²) in [5.41, 5.74) is 0.673. The van der Waals surface area contributed by atoms with Crippen LogP contribution in [0.25, 0.3) is 0 Å². The van der Waals surface area contributed by atoms with E-state index in [0.29, 0.717) is 21.6 Å². The molecule has 0 saturated carbocycles. The van der Waals surface area contributed by atoms with Crippen molar-refractivity contribution in [3.63, 3.8) is 0 Å². The van der Waals surface area contributed by atoms with Crippen LogP contribution in [0.3, 0.4) is 0 Å². The third-order valence-electron chi connectivity index (χ3n) is 3.97. The van der Waals surface area contributed by atoms with Crippen LogP contribution in [0, 0.1) is 0 Å². The number of carbonyl (C=O) groups is 1. The van der Waals surface area contributed by atoms with Gasteiger partial charge in [-0.3, -0.25) is 4.79 Å². The number of nitrogens with zero attached hydrogens (tertiary/aromatic N) is 2. The van der Waals surface area contributed by atoms with Crippen molar-refractivity contribution >= 4 is 50.0 Å². The molecular formula is C15H17ClN2O5S2. The van der Waals surface area contributed by atoms with Gasteiger partial charge < -0.3 is 14.4 Å². The lowest BCUT2D eigenvalue weighted by atomic mass is 10.2. The van der Waals surface area contributed by atoms with Gasteiger partial charge in [0.15, 0.2) is 15.0 Å². The zero-order chi connectivity index (χ0) is 18.2. The first kappa shape index (κ1) is 18.5. The minimum atomic E-state index is -3.12. The SMILES string of the molecule is COCC(=O)N=C1S[C@H]2CS(=O)(=O)C[C@H]2N1c1ccc(OC)c(Cl)c1. The maximum atomic E-state index is 12.0. The summed E-state index contributed by atoms with van der Waals surface area (Å²) in [5, 5.41) is 0.699. The highest BCUT2D eigenvalue weighted by Gasteiger charge is 2.49. The van der Waals surface area contributed by atoms with E-state index in [0.717, 1.165) is 0 Å². The van der Waals surface area contributed by atoms with E-state index in [9.17, 15) is 13.2 Å². The molecule has 0 unspecified atom stereocenters. The average Bonchev–Trinajstić information content (AvgIpc) is 2.98. The molecule has 7 nitrogen and oxygen atoms in total. The van der Waals surface area contributed by atoms with E-state index in [-0.39, 0.29) is 29.4 Å². The fourth-order valence-electron chi connectivity index (χ4n) is 2.93. The van der Waals surface area contributed by atoms with Crippen LogP contribution in [-0.4, -0.2) is 63.1 Å². The second-order valence-electron chi connectivity index (χ2n) is 5.71. The van der Waals surface area contributed by atoms with Gasteiger partial charge in [-0.1, -0.05) is 23.4 Å². The molecule has 136 valence electrons. The fraction of sp³-hybridized carbons (Fsp3) is 0.467. The predicted molar refractivity (Wildman–Crippen MR) is 98.6 cm³/mol. The van der Waals surface area contributed by atoms with E-state index in [1.807, 2.05) is 0 Å². The van der Waals surface area contributed by atoms with Gasteiger partial charge in [0.05, 0.1) is 29.7 Å². The topological polar surface area (TPSA) is 85.3 Å². The van der Waals surface area contributed by atoms with Crippen LogP contribution < -0.4 is 9.64 Å². The molecule has 2 aliphatic heterocycles. The van der Waals surface area contributed by atoms with Crippen LogP contribution in [0.2, 0.25) is 5.02 Å². The van der Waals surface area contributed by atoms with Crippen LogP contribution in [0.4, 0.5) is 5.69 Å². The molecule has 0 aliphatic carbocycles. The average molecular weight is 405 g/mol. The second-order valence-corrected chi connectivity index (χ2v) is 9.48. The number of hydrogen-bond donors (Lipinski definition) is 0. The molecule has 0 spiro atoms. The molecule has 1 aromatic carbocycles. The quantitative estimate of drug-likeness (QED) is 0.753. The number of sulfone groups is 1. The monoisotopic (exact) mass is 404 g/mol. The van der Waals surface area contributed by atoms with E-state index >= 15 is 0 Å². The molecule has 0 N–H and O–H groups in total. The number of hydrogen-bond acceptors (Lipinski definition) is 6. The third kappa shape index (κ3) is 3.79. The molecule has 0 radical (unpaired) electrons. The number of anilines is 1. The Morgan fingerprint density at radius 1 is 1.40 bits per heavy atom. The highest BCUT2D eigenvalue weighted by atomic mass is 35.5. The van der Waals surface area contributed by atoms with Gasteiger partial charge in [0.25, 0.3) is 5.91 Å². The Bertz CT molecular complexity index is 827. The Labute approximate surface area is 155 Å². The lowest BCUT2D eigenvalue weighted by molar-refractivity contribution is -0.121. The molecule has 2 aliphatic rings. The summed E-state index contributed by atoms with van der Waals surface area (Å²) in [6, 6.07) is 4.88. The smallest absolute Gasteiger partial charge is 0.274 e. The molecular weight excluding hydrogens is 388 g/mol. The van der Waals surface area contributed by atoms with E-state index in [4.69, 9.17) is 21.1 Å². The number of amidine groups is 1. The Morgan fingerprint density at radius 2 is 2.16 bits per heavy atom. The summed E-state index contributed by atoms with van der Waals surface area (Å²) in [4.78, 5) is 17.7. The van der Waals surface area contributed by atoms with Gasteiger partial charge in [0.1, 0.15) is 12.4 Å². The maximum Gasteiger partial charge on any atom is 0.274 e. The lowest BCUT2D eigenvalue weighted by Crippen LogP contribution is -2.37. The number of amides is 1. The number of methoxy groups -OCH3 is 2. The van der Waals surface area contributed by atoms with Crippen LogP contribution in [0.5, 0.6) is 5.75 Å². The van der Waals surface area contributed by atoms with Crippen molar-refractivity contribution in [2.75, 3.05) is 37.2 Å². The molecule has 2 fully saturated rings. The number of carbonyl (C=O) groups excluding carboxylic acids is 1. The largest absolute Gasteiger partial charge is 0.495 e. The third-order valence-corrected chi connectivity index (χ3v) is 7.47. The van der Waals surface area contributed by atoms with Crippen molar-refractivity contribution in [3.05, 3.63) is 23.2 Å². The van der Waals surface area contributed by atoms with Gasteiger partial charge in [-0.25, -0.2) is 8.42 Å². The summed E-state index contributed by atoms with van der Waals surface area (Å²) < 4.78 is 34.0. The molecule has 0 aromatic heterocycles. The molecule has 0 bridgehead atoms. The van der Waals surface area contributed by atoms with Crippen LogP contribution in [0.15, 0.2) is 23.2 Å². The van der Waals surface area contributed by atoms with Crippen molar-refractivity contribution in [2.24, 2.45) is 4.99 Å². The summed E-state index contributed by atoms with van der Waals surface area (Å²) in [6.07, 6.45) is 0. The molecule has 10 heteroatoms. The van der Waals surface area contributed by atoms with Crippen molar-refractivity contribution in [1.29, 1.82) is 0 Å². The van der Waals surface area contributed by atoms with Crippen molar-refractivity contribution in [2.45, 2.75) is 11.3 Å². The minimum Gasteiger partial charge on any atom is -0.495 e. The van der Waals surface area contributed by atoms with Crippen molar-refractivity contribution in [3.8, 4) is 5.75 Å². The summed E-state index contributed by atoms with van der Waals surface area (Å²) in [5.74, 6) is 0.186. The van der Waals surface area contributed by atoms with Gasteiger partial charge in [-0.05, 0) is 18.2 Å². The summed E-state index contributed by atoms with van der Waals surface area (Å²) >= 11 is 7.51. The predicted octanol–water partition coefficient (Wildman–Crippen LogP) is 1.60. The Kier molecular flexibility index (Phi) is 5.29. The Hall–Kier alpha value is -1.29. The number of fused-ring (bicyclic) bond motifs is 1. The first-order valence-electron chi connectivity index (χ1n) is 7.45. The summed E-state index contributed by atoms with van der Waals surface area (Å²) in [7, 11) is -0.181. The molecule has 2 atom stereocenters. The lowest BCUT2D eigenvalue weighted by Gasteiger charge is -2.25. The van der Waals surface area contributed by atoms with Crippen molar-refractivity contribution in [1.82, 2.24) is 0 Å². The highest BCUT2D eigenvalue weighted by molar-refractivity contribution is 8.16. The fourth-order valence-corrected chi connectivity index (χ4v) is 7.12. The number of ether oxygens (including phenoxy) is 2. The van der Waals surface area contributed by atoms with Crippen LogP contribution in [-0.2, 0) is 19.4 Å². The Morgan fingerprint density at radius 3 is 2.80 bits per heavy atom. The number of aliphatic imine (C=N–C) groups is 1.